The third kappa shape index (κ3) is 4.10. The lowest BCUT2D eigenvalue weighted by Gasteiger charge is -2.61. The molecule has 3 aromatic carbocycles. The van der Waals surface area contributed by atoms with E-state index in [0.717, 1.165) is 35.1 Å². The molecular formula is C33H34N2O5S. The first-order valence-corrected chi connectivity index (χ1v) is 14.7. The second-order valence-corrected chi connectivity index (χ2v) is 11.8. The fraction of sp³-hybridized carbons (Fsp3) is 0.364. The second kappa shape index (κ2) is 10.7. The predicted octanol–water partition coefficient (Wildman–Crippen LogP) is 3.76. The van der Waals surface area contributed by atoms with Gasteiger partial charge in [0.1, 0.15) is 11.8 Å². The third-order valence-corrected chi connectivity index (χ3v) is 10.1. The minimum Gasteiger partial charge on any atom is -0.496 e. The highest BCUT2D eigenvalue weighted by molar-refractivity contribution is 7.80. The Bertz CT molecular complexity index is 1500. The molecule has 0 spiro atoms. The molecule has 1 aliphatic heterocycles. The number of amides is 1. The number of nitrogens with one attached hydrogen (secondary N) is 2. The molecular weight excluding hydrogens is 536 g/mol. The largest absolute Gasteiger partial charge is 0.496 e. The minimum atomic E-state index is -1.13. The molecule has 8 heteroatoms. The van der Waals surface area contributed by atoms with Crippen molar-refractivity contribution in [2.24, 2.45) is 11.3 Å². The average Bonchev–Trinajstić information content (AvgIpc) is 3.44. The Labute approximate surface area is 245 Å². The van der Waals surface area contributed by atoms with Gasteiger partial charge in [0.25, 0.3) is 0 Å². The van der Waals surface area contributed by atoms with E-state index in [2.05, 4.69) is 47.5 Å². The van der Waals surface area contributed by atoms with Crippen molar-refractivity contribution in [3.8, 4) is 5.75 Å². The number of hydrogen-bond acceptors (Lipinski definition) is 6. The zero-order valence-electron chi connectivity index (χ0n) is 22.9. The van der Waals surface area contributed by atoms with Crippen LogP contribution in [0.5, 0.6) is 5.75 Å². The van der Waals surface area contributed by atoms with Gasteiger partial charge in [-0.05, 0) is 35.6 Å². The lowest BCUT2D eigenvalue weighted by molar-refractivity contribution is -0.147. The van der Waals surface area contributed by atoms with E-state index < -0.39 is 34.8 Å². The summed E-state index contributed by atoms with van der Waals surface area (Å²) in [5.41, 5.74) is 2.47. The molecule has 0 aromatic heterocycles. The number of Topliss-reactive ketones (excluding diaryl/α,β-unsaturated/α-hetero) is 1. The number of ether oxygens (including phenoxy) is 1. The highest BCUT2D eigenvalue weighted by Crippen LogP contribution is 2.69. The number of hydrogen-bond donors (Lipinski definition) is 4. The van der Waals surface area contributed by atoms with Crippen molar-refractivity contribution in [2.75, 3.05) is 19.4 Å². The molecule has 3 aliphatic carbocycles. The topological polar surface area (TPSA) is 105 Å². The molecule has 3 aromatic rings. The first kappa shape index (κ1) is 27.5. The van der Waals surface area contributed by atoms with Gasteiger partial charge in [-0.15, -0.1) is 0 Å². The fourth-order valence-electron chi connectivity index (χ4n) is 8.11. The van der Waals surface area contributed by atoms with E-state index in [9.17, 15) is 19.5 Å². The van der Waals surface area contributed by atoms with Crippen LogP contribution in [0.3, 0.4) is 0 Å². The number of para-hydroxylation sites is 1. The standard InChI is InChI=1S/C33H34N2O5S/c1-40-27-14-8-5-9-20(27)17-26(36)28-29-32(21-10-3-2-4-11-21)16-15-24(22-12-6-7-13-23(22)32)33(29,19-34-28)31(39)35-25(18-41)30(37)38/h2-14,24-25,28-29,34,41H,15-19H2,1H3,(H,35,39)(H,37,38)/t24?,25-,28?,29?,32?,33?/m0/s1. The molecule has 41 heavy (non-hydrogen) atoms. The Morgan fingerprint density at radius 3 is 2.49 bits per heavy atom. The molecule has 1 amide bonds. The van der Waals surface area contributed by atoms with Crippen molar-refractivity contribution in [1.82, 2.24) is 10.6 Å². The van der Waals surface area contributed by atoms with Crippen LogP contribution >= 0.6 is 12.6 Å². The van der Waals surface area contributed by atoms with E-state index in [1.807, 2.05) is 54.6 Å². The normalized spacial score (nSPS) is 28.3. The van der Waals surface area contributed by atoms with Gasteiger partial charge in [0, 0.05) is 41.5 Å². The number of carbonyl (C=O) groups is 3. The Balaban J connectivity index is 1.53. The van der Waals surface area contributed by atoms with Crippen molar-refractivity contribution in [3.63, 3.8) is 0 Å². The maximum Gasteiger partial charge on any atom is 0.327 e. The quantitative estimate of drug-likeness (QED) is 0.292. The van der Waals surface area contributed by atoms with E-state index in [4.69, 9.17) is 4.74 Å². The number of carbonyl (C=O) groups excluding carboxylic acids is 2. The summed E-state index contributed by atoms with van der Waals surface area (Å²) < 4.78 is 5.54. The first-order valence-electron chi connectivity index (χ1n) is 14.1. The highest BCUT2D eigenvalue weighted by atomic mass is 32.1. The molecule has 2 fully saturated rings. The summed E-state index contributed by atoms with van der Waals surface area (Å²) in [6.07, 6.45) is 1.69. The number of carboxylic acids is 1. The van der Waals surface area contributed by atoms with Crippen LogP contribution in [0.4, 0.5) is 0 Å². The van der Waals surface area contributed by atoms with Crippen LogP contribution in [0.2, 0.25) is 0 Å². The Morgan fingerprint density at radius 2 is 1.76 bits per heavy atom. The van der Waals surface area contributed by atoms with Crippen LogP contribution < -0.4 is 15.4 Å². The zero-order chi connectivity index (χ0) is 28.8. The molecule has 7 rings (SSSR count). The molecule has 0 radical (unpaired) electrons. The minimum absolute atomic E-state index is 0.0153. The van der Waals surface area contributed by atoms with E-state index in [1.54, 1.807) is 7.11 Å². The maximum absolute atomic E-state index is 14.5. The molecule has 4 aliphatic rings. The zero-order valence-corrected chi connectivity index (χ0v) is 23.8. The number of carboxylic acid groups (broad SMARTS) is 1. The van der Waals surface area contributed by atoms with Gasteiger partial charge in [-0.3, -0.25) is 9.59 Å². The number of methoxy groups -OCH3 is 1. The van der Waals surface area contributed by atoms with E-state index >= 15 is 0 Å². The summed E-state index contributed by atoms with van der Waals surface area (Å²) in [7, 11) is 1.59. The van der Waals surface area contributed by atoms with E-state index in [1.165, 1.54) is 0 Å². The Hall–Kier alpha value is -3.62. The molecule has 2 bridgehead atoms. The first-order chi connectivity index (χ1) is 19.9. The number of aliphatic carboxylic acids is 1. The van der Waals surface area contributed by atoms with Gasteiger partial charge in [0.2, 0.25) is 5.91 Å². The van der Waals surface area contributed by atoms with Crippen molar-refractivity contribution in [3.05, 3.63) is 101 Å². The highest BCUT2D eigenvalue weighted by Gasteiger charge is 2.72. The molecule has 6 atom stereocenters. The summed E-state index contributed by atoms with van der Waals surface area (Å²) in [6.45, 7) is 0.276. The van der Waals surface area contributed by atoms with Crippen LogP contribution in [-0.2, 0) is 26.2 Å². The van der Waals surface area contributed by atoms with Crippen LogP contribution in [0.15, 0.2) is 78.9 Å². The third-order valence-electron chi connectivity index (χ3n) is 9.70. The lowest BCUT2D eigenvalue weighted by Crippen LogP contribution is -2.65. The van der Waals surface area contributed by atoms with E-state index in [0.29, 0.717) is 5.75 Å². The van der Waals surface area contributed by atoms with Crippen LogP contribution in [0, 0.1) is 11.3 Å². The van der Waals surface area contributed by atoms with Crippen molar-refractivity contribution in [2.45, 2.75) is 42.7 Å². The number of thiol groups is 1. The smallest absolute Gasteiger partial charge is 0.327 e. The van der Waals surface area contributed by atoms with Gasteiger partial charge in [0.05, 0.1) is 18.6 Å². The number of benzene rings is 3. The van der Waals surface area contributed by atoms with E-state index in [-0.39, 0.29) is 36.3 Å². The summed E-state index contributed by atoms with van der Waals surface area (Å²) >= 11 is 4.21. The lowest BCUT2D eigenvalue weighted by atomic mass is 9.40. The molecule has 212 valence electrons. The summed E-state index contributed by atoms with van der Waals surface area (Å²) in [6, 6.07) is 24.2. The monoisotopic (exact) mass is 570 g/mol. The van der Waals surface area contributed by atoms with Gasteiger partial charge in [0.15, 0.2) is 5.78 Å². The second-order valence-electron chi connectivity index (χ2n) is 11.4. The molecule has 1 saturated heterocycles. The SMILES string of the molecule is COc1ccccc1CC(=O)C1NCC2(C(=O)N[C@@H](CS)C(=O)O)C3CCC(c4ccccc4)(c4ccccc43)C12. The number of ketones is 1. The molecule has 3 N–H and O–H groups in total. The van der Waals surface area contributed by atoms with Gasteiger partial charge in [-0.2, -0.15) is 12.6 Å². The predicted molar refractivity (Wildman–Crippen MR) is 158 cm³/mol. The summed E-state index contributed by atoms with van der Waals surface area (Å²) in [5.74, 6) is -1.45. The van der Waals surface area contributed by atoms with Crippen LogP contribution in [-0.4, -0.2) is 54.3 Å². The van der Waals surface area contributed by atoms with Gasteiger partial charge < -0.3 is 20.5 Å². The van der Waals surface area contributed by atoms with Gasteiger partial charge in [-0.25, -0.2) is 4.79 Å². The van der Waals surface area contributed by atoms with Gasteiger partial charge >= 0.3 is 5.97 Å². The summed E-state index contributed by atoms with van der Waals surface area (Å²) in [4.78, 5) is 40.8. The Morgan fingerprint density at radius 1 is 1.05 bits per heavy atom. The van der Waals surface area contributed by atoms with Crippen molar-refractivity contribution >= 4 is 30.3 Å². The summed E-state index contributed by atoms with van der Waals surface area (Å²) in [5, 5.41) is 16.1. The Kier molecular flexibility index (Phi) is 7.16. The van der Waals surface area contributed by atoms with Crippen LogP contribution in [0.1, 0.15) is 41.0 Å². The number of rotatable bonds is 9. The average molecular weight is 571 g/mol. The number of fused-ring (bicyclic) bond motifs is 1. The molecule has 1 saturated carbocycles. The van der Waals surface area contributed by atoms with Crippen LogP contribution in [0.25, 0.3) is 0 Å². The van der Waals surface area contributed by atoms with Crippen molar-refractivity contribution < 1.29 is 24.2 Å². The molecule has 5 unspecified atom stereocenters. The van der Waals surface area contributed by atoms with Gasteiger partial charge in [-0.1, -0.05) is 72.8 Å². The van der Waals surface area contributed by atoms with Crippen molar-refractivity contribution in [1.29, 1.82) is 0 Å². The molecule has 7 nitrogen and oxygen atoms in total. The maximum atomic E-state index is 14.5. The molecule has 1 heterocycles. The fourth-order valence-corrected chi connectivity index (χ4v) is 8.36.